The topological polar surface area (TPSA) is 44.3 Å². The minimum Gasteiger partial charge on any atom is -0.598 e. The van der Waals surface area contributed by atoms with Crippen molar-refractivity contribution in [2.75, 3.05) is 6.61 Å². The molecular formula is C15H22F3NO2S. The molecule has 0 saturated carbocycles. The van der Waals surface area contributed by atoms with Crippen molar-refractivity contribution in [3.05, 3.63) is 29.3 Å². The first-order valence-corrected chi connectivity index (χ1v) is 8.03. The van der Waals surface area contributed by atoms with Crippen LogP contribution in [0, 0.1) is 6.92 Å². The fourth-order valence-corrected chi connectivity index (χ4v) is 2.48. The quantitative estimate of drug-likeness (QED) is 0.825. The average molecular weight is 337 g/mol. The molecule has 2 atom stereocenters. The molecule has 22 heavy (non-hydrogen) atoms. The Balaban J connectivity index is 2.76. The number of benzene rings is 1. The third-order valence-corrected chi connectivity index (χ3v) is 4.61. The van der Waals surface area contributed by atoms with Gasteiger partial charge in [-0.25, -0.2) is 0 Å². The number of alkyl halides is 3. The van der Waals surface area contributed by atoms with Crippen LogP contribution < -0.4 is 9.46 Å². The highest BCUT2D eigenvalue weighted by Crippen LogP contribution is 2.26. The Morgan fingerprint density at radius 1 is 1.27 bits per heavy atom. The zero-order chi connectivity index (χ0) is 17.1. The Bertz CT molecular complexity index is 501. The van der Waals surface area contributed by atoms with Crippen LogP contribution in [0.5, 0.6) is 5.75 Å². The zero-order valence-electron chi connectivity index (χ0n) is 13.4. The lowest BCUT2D eigenvalue weighted by Gasteiger charge is -2.26. The molecule has 0 saturated heterocycles. The van der Waals surface area contributed by atoms with Crippen LogP contribution in [-0.2, 0) is 11.4 Å². The van der Waals surface area contributed by atoms with Gasteiger partial charge in [0.05, 0.1) is 6.04 Å². The number of halogens is 3. The Hall–Kier alpha value is -0.920. The van der Waals surface area contributed by atoms with Crippen molar-refractivity contribution in [1.29, 1.82) is 0 Å². The second-order valence-electron chi connectivity index (χ2n) is 6.15. The van der Waals surface area contributed by atoms with Crippen molar-refractivity contribution >= 4 is 11.4 Å². The molecule has 0 aliphatic heterocycles. The van der Waals surface area contributed by atoms with Crippen molar-refractivity contribution in [2.45, 2.75) is 51.6 Å². The van der Waals surface area contributed by atoms with Gasteiger partial charge in [-0.05, 0) is 51.8 Å². The number of hydrogen-bond acceptors (Lipinski definition) is 3. The first-order valence-electron chi connectivity index (χ1n) is 6.88. The molecule has 0 aromatic heterocycles. The molecule has 1 aromatic carbocycles. The second-order valence-corrected chi connectivity index (χ2v) is 8.15. The van der Waals surface area contributed by atoms with E-state index in [0.717, 1.165) is 5.56 Å². The van der Waals surface area contributed by atoms with Gasteiger partial charge in [-0.15, -0.1) is 4.72 Å². The van der Waals surface area contributed by atoms with Crippen LogP contribution in [0.3, 0.4) is 0 Å². The molecule has 1 rings (SSSR count). The summed E-state index contributed by atoms with van der Waals surface area (Å²) >= 11 is -1.23. The maximum absolute atomic E-state index is 12.2. The second kappa shape index (κ2) is 7.10. The van der Waals surface area contributed by atoms with E-state index < -0.39 is 24.1 Å². The molecule has 0 heterocycles. The monoisotopic (exact) mass is 337 g/mol. The summed E-state index contributed by atoms with van der Waals surface area (Å²) in [5, 5.41) is 0. The first kappa shape index (κ1) is 19.1. The van der Waals surface area contributed by atoms with Crippen molar-refractivity contribution < 1.29 is 22.5 Å². The van der Waals surface area contributed by atoms with Gasteiger partial charge >= 0.3 is 6.18 Å². The van der Waals surface area contributed by atoms with E-state index in [1.807, 2.05) is 27.7 Å². The highest BCUT2D eigenvalue weighted by Gasteiger charge is 2.29. The molecule has 0 spiro atoms. The van der Waals surface area contributed by atoms with E-state index in [9.17, 15) is 17.7 Å². The Morgan fingerprint density at radius 2 is 1.86 bits per heavy atom. The maximum Gasteiger partial charge on any atom is 0.422 e. The summed E-state index contributed by atoms with van der Waals surface area (Å²) in [4.78, 5) is 0. The molecule has 0 aliphatic carbocycles. The van der Waals surface area contributed by atoms with Gasteiger partial charge in [0.15, 0.2) is 6.61 Å². The third kappa shape index (κ3) is 6.06. The Morgan fingerprint density at radius 3 is 2.32 bits per heavy atom. The molecule has 1 aromatic rings. The molecule has 0 bridgehead atoms. The van der Waals surface area contributed by atoms with Gasteiger partial charge in [-0.1, -0.05) is 12.1 Å². The Kier molecular flexibility index (Phi) is 6.18. The number of ether oxygens (including phenoxy) is 1. The van der Waals surface area contributed by atoms with Crippen LogP contribution in [0.1, 0.15) is 44.9 Å². The van der Waals surface area contributed by atoms with E-state index in [4.69, 9.17) is 4.74 Å². The third-order valence-electron chi connectivity index (χ3n) is 2.93. The molecule has 0 radical (unpaired) electrons. The lowest BCUT2D eigenvalue weighted by molar-refractivity contribution is -0.153. The van der Waals surface area contributed by atoms with E-state index in [-0.39, 0.29) is 16.5 Å². The van der Waals surface area contributed by atoms with Crippen molar-refractivity contribution in [3.8, 4) is 5.75 Å². The minimum atomic E-state index is -4.36. The van der Waals surface area contributed by atoms with Gasteiger partial charge in [-0.3, -0.25) is 0 Å². The predicted molar refractivity (Wildman–Crippen MR) is 82.2 cm³/mol. The van der Waals surface area contributed by atoms with Crippen LogP contribution in [0.25, 0.3) is 0 Å². The fraction of sp³-hybridized carbons (Fsp3) is 0.600. The summed E-state index contributed by atoms with van der Waals surface area (Å²) in [6.07, 6.45) is -4.36. The van der Waals surface area contributed by atoms with Gasteiger partial charge < -0.3 is 9.29 Å². The van der Waals surface area contributed by atoms with Crippen molar-refractivity contribution in [1.82, 2.24) is 4.72 Å². The van der Waals surface area contributed by atoms with Crippen LogP contribution in [0.2, 0.25) is 0 Å². The first-order chi connectivity index (χ1) is 9.90. The zero-order valence-corrected chi connectivity index (χ0v) is 14.2. The van der Waals surface area contributed by atoms with Gasteiger partial charge in [0.2, 0.25) is 0 Å². The van der Waals surface area contributed by atoms with Crippen molar-refractivity contribution in [3.63, 3.8) is 0 Å². The fourth-order valence-electron chi connectivity index (χ4n) is 1.67. The largest absolute Gasteiger partial charge is 0.598 e. The van der Waals surface area contributed by atoms with Crippen molar-refractivity contribution in [2.24, 2.45) is 0 Å². The highest BCUT2D eigenvalue weighted by atomic mass is 32.2. The summed E-state index contributed by atoms with van der Waals surface area (Å²) in [5.74, 6) is 0.199. The van der Waals surface area contributed by atoms with Gasteiger partial charge in [0.1, 0.15) is 10.5 Å². The Labute approximate surface area is 132 Å². The van der Waals surface area contributed by atoms with Gasteiger partial charge in [0.25, 0.3) is 0 Å². The van der Waals surface area contributed by atoms with E-state index in [1.165, 1.54) is 6.07 Å². The molecule has 1 N–H and O–H groups in total. The summed E-state index contributed by atoms with van der Waals surface area (Å²) in [6, 6.07) is 4.74. The molecule has 0 amide bonds. The molecule has 7 heteroatoms. The van der Waals surface area contributed by atoms with Gasteiger partial charge in [0, 0.05) is 11.4 Å². The number of nitrogens with one attached hydrogen (secondary N) is 1. The smallest absolute Gasteiger partial charge is 0.422 e. The molecule has 0 unspecified atom stereocenters. The lowest BCUT2D eigenvalue weighted by atomic mass is 10.1. The van der Waals surface area contributed by atoms with Crippen LogP contribution in [-0.4, -0.2) is 22.1 Å². The van der Waals surface area contributed by atoms with E-state index in [1.54, 1.807) is 19.1 Å². The summed E-state index contributed by atoms with van der Waals surface area (Å²) in [6.45, 7) is 7.82. The van der Waals surface area contributed by atoms with E-state index >= 15 is 0 Å². The number of aryl methyl sites for hydroxylation is 1. The van der Waals surface area contributed by atoms with Gasteiger partial charge in [-0.2, -0.15) is 13.2 Å². The maximum atomic E-state index is 12.2. The highest BCUT2D eigenvalue weighted by molar-refractivity contribution is 7.90. The normalized spacial score (nSPS) is 15.5. The average Bonchev–Trinajstić information content (AvgIpc) is 2.34. The summed E-state index contributed by atoms with van der Waals surface area (Å²) in [7, 11) is 0. The van der Waals surface area contributed by atoms with E-state index in [0.29, 0.717) is 5.56 Å². The van der Waals surface area contributed by atoms with Crippen LogP contribution in [0.4, 0.5) is 13.2 Å². The molecule has 3 nitrogen and oxygen atoms in total. The van der Waals surface area contributed by atoms with Crippen LogP contribution in [0.15, 0.2) is 18.2 Å². The summed E-state index contributed by atoms with van der Waals surface area (Å²) < 4.78 is 55.9. The minimum absolute atomic E-state index is 0.185. The van der Waals surface area contributed by atoms with Crippen LogP contribution >= 0.6 is 0 Å². The molecule has 0 aliphatic rings. The number of rotatable bonds is 5. The lowest BCUT2D eigenvalue weighted by Crippen LogP contribution is -2.40. The predicted octanol–water partition coefficient (Wildman–Crippen LogP) is 4.05. The number of hydrogen-bond donors (Lipinski definition) is 1. The molecule has 126 valence electrons. The summed E-state index contributed by atoms with van der Waals surface area (Å²) in [5.41, 5.74) is 1.45. The molecular weight excluding hydrogens is 315 g/mol. The molecule has 0 fully saturated rings. The standard InChI is InChI=1S/C15H22F3NO2S/c1-10-8-12(11(2)19-22(20)14(3,4)5)6-7-13(10)21-9-15(16,17)18/h6-8,11,19H,9H2,1-5H3/t11-,22-/m1/s1. The van der Waals surface area contributed by atoms with E-state index in [2.05, 4.69) is 4.72 Å². The SMILES string of the molecule is Cc1cc([C@@H](C)N[S@+]([O-])C(C)(C)C)ccc1OCC(F)(F)F.